The van der Waals surface area contributed by atoms with Gasteiger partial charge in [-0.2, -0.15) is 0 Å². The molecule has 0 aliphatic carbocycles. The number of carboxylic acids is 1. The Bertz CT molecular complexity index is 757. The van der Waals surface area contributed by atoms with E-state index in [1.165, 1.54) is 0 Å². The topological polar surface area (TPSA) is 50.2 Å². The Morgan fingerprint density at radius 1 is 0.950 bits per heavy atom. The Hall–Kier alpha value is -2.15. The molecule has 1 N–H and O–H groups in total. The summed E-state index contributed by atoms with van der Waals surface area (Å²) >= 11 is 0. The van der Waals surface area contributed by atoms with Crippen molar-refractivity contribution in [3.05, 3.63) is 66.4 Å². The molecular formula is C16H14AlNO2. The lowest BCUT2D eigenvalue weighted by Crippen LogP contribution is -1.99. The molecule has 0 radical (unpaired) electrons. The van der Waals surface area contributed by atoms with E-state index in [1.54, 1.807) is 12.3 Å². The molecule has 0 aliphatic heterocycles. The molecule has 20 heavy (non-hydrogen) atoms. The Labute approximate surface area is 127 Å². The molecule has 0 bridgehead atoms. The quantitative estimate of drug-likeness (QED) is 0.733. The fourth-order valence-corrected chi connectivity index (χ4v) is 2.21. The summed E-state index contributed by atoms with van der Waals surface area (Å²) in [4.78, 5) is 15.4. The Morgan fingerprint density at radius 2 is 1.70 bits per heavy atom. The van der Waals surface area contributed by atoms with Gasteiger partial charge in [0, 0.05) is 11.6 Å². The van der Waals surface area contributed by atoms with Crippen molar-refractivity contribution in [2.45, 2.75) is 0 Å². The summed E-state index contributed by atoms with van der Waals surface area (Å²) in [6.07, 6.45) is 1.61. The summed E-state index contributed by atoms with van der Waals surface area (Å²) in [5.74, 6) is -0.955. The smallest absolute Gasteiger partial charge is 0.337 e. The number of benzene rings is 2. The van der Waals surface area contributed by atoms with Gasteiger partial charge in [-0.1, -0.05) is 42.5 Å². The predicted molar refractivity (Wildman–Crippen MR) is 84.1 cm³/mol. The van der Waals surface area contributed by atoms with Gasteiger partial charge in [0.2, 0.25) is 0 Å². The lowest BCUT2D eigenvalue weighted by molar-refractivity contribution is 0.0699. The zero-order valence-corrected chi connectivity index (χ0v) is 10.1. The number of hydrogen-bond acceptors (Lipinski definition) is 2. The van der Waals surface area contributed by atoms with Gasteiger partial charge in [0.25, 0.3) is 0 Å². The zero-order chi connectivity index (χ0) is 13.2. The van der Waals surface area contributed by atoms with Crippen molar-refractivity contribution >= 4 is 34.2 Å². The molecule has 0 aliphatic rings. The number of nitrogens with zero attached hydrogens (tertiary/aromatic N) is 1. The maximum atomic E-state index is 11.2. The van der Waals surface area contributed by atoms with Crippen LogP contribution in [-0.2, 0) is 0 Å². The standard InChI is InChI=1S/C16H11NO2.Al.3H/c18-16(19)14-9-8-12(11-5-2-1-3-6-11)13-7-4-10-17-15(13)14;;;;/h1-10H,(H,18,19);;;;. The van der Waals surface area contributed by atoms with E-state index in [1.807, 2.05) is 48.5 Å². The first-order valence-electron chi connectivity index (χ1n) is 5.94. The van der Waals surface area contributed by atoms with Crippen LogP contribution in [0.3, 0.4) is 0 Å². The predicted octanol–water partition coefficient (Wildman–Crippen LogP) is 2.42. The average Bonchev–Trinajstić information content (AvgIpc) is 2.47. The van der Waals surface area contributed by atoms with Gasteiger partial charge >= 0.3 is 5.97 Å². The first-order valence-corrected chi connectivity index (χ1v) is 5.94. The number of rotatable bonds is 2. The van der Waals surface area contributed by atoms with Crippen LogP contribution < -0.4 is 0 Å². The van der Waals surface area contributed by atoms with Crippen molar-refractivity contribution in [2.24, 2.45) is 0 Å². The first-order chi connectivity index (χ1) is 9.27. The highest BCUT2D eigenvalue weighted by atomic mass is 27.0. The van der Waals surface area contributed by atoms with Gasteiger partial charge in [-0.25, -0.2) is 4.79 Å². The molecule has 0 amide bonds. The Balaban J connectivity index is 0.00000147. The van der Waals surface area contributed by atoms with Crippen molar-refractivity contribution in [1.82, 2.24) is 4.98 Å². The number of carbonyl (C=O) groups is 1. The molecule has 0 unspecified atom stereocenters. The number of pyridine rings is 1. The minimum absolute atomic E-state index is 0. The second-order valence-electron chi connectivity index (χ2n) is 4.23. The van der Waals surface area contributed by atoms with E-state index in [0.29, 0.717) is 5.52 Å². The fourth-order valence-electron chi connectivity index (χ4n) is 2.21. The molecule has 1 aromatic heterocycles. The van der Waals surface area contributed by atoms with E-state index >= 15 is 0 Å². The van der Waals surface area contributed by atoms with Gasteiger partial charge in [-0.05, 0) is 23.3 Å². The molecular weight excluding hydrogens is 265 g/mol. The largest absolute Gasteiger partial charge is 0.478 e. The highest BCUT2D eigenvalue weighted by Gasteiger charge is 2.12. The molecule has 0 saturated carbocycles. The number of fused-ring (bicyclic) bond motifs is 1. The second kappa shape index (κ2) is 5.87. The fraction of sp³-hybridized carbons (Fsp3) is 0. The molecule has 98 valence electrons. The van der Waals surface area contributed by atoms with E-state index in [0.717, 1.165) is 16.5 Å². The lowest BCUT2D eigenvalue weighted by atomic mass is 9.98. The molecule has 3 aromatic rings. The summed E-state index contributed by atoms with van der Waals surface area (Å²) in [6, 6.07) is 17.0. The van der Waals surface area contributed by atoms with Crippen LogP contribution in [0, 0.1) is 0 Å². The monoisotopic (exact) mass is 279 g/mol. The highest BCUT2D eigenvalue weighted by molar-refractivity contribution is 6.06. The molecule has 4 heteroatoms. The van der Waals surface area contributed by atoms with E-state index in [9.17, 15) is 9.90 Å². The summed E-state index contributed by atoms with van der Waals surface area (Å²) in [7, 11) is 0. The van der Waals surface area contributed by atoms with Crippen molar-refractivity contribution < 1.29 is 9.90 Å². The van der Waals surface area contributed by atoms with E-state index in [2.05, 4.69) is 4.98 Å². The average molecular weight is 279 g/mol. The van der Waals surface area contributed by atoms with Crippen molar-refractivity contribution in [3.8, 4) is 11.1 Å². The maximum absolute atomic E-state index is 11.2. The summed E-state index contributed by atoms with van der Waals surface area (Å²) in [5.41, 5.74) is 2.80. The van der Waals surface area contributed by atoms with Gasteiger partial charge in [-0.15, -0.1) is 0 Å². The number of aromatic carboxylic acids is 1. The maximum Gasteiger partial charge on any atom is 0.337 e. The van der Waals surface area contributed by atoms with E-state index < -0.39 is 5.97 Å². The molecule has 0 saturated heterocycles. The summed E-state index contributed by atoms with van der Waals surface area (Å²) in [5, 5.41) is 10.1. The van der Waals surface area contributed by atoms with Gasteiger partial charge in [-0.3, -0.25) is 4.98 Å². The van der Waals surface area contributed by atoms with Crippen LogP contribution in [0.25, 0.3) is 22.0 Å². The van der Waals surface area contributed by atoms with E-state index in [4.69, 9.17) is 0 Å². The number of hydrogen-bond donors (Lipinski definition) is 1. The molecule has 3 rings (SSSR count). The number of aromatic nitrogens is 1. The summed E-state index contributed by atoms with van der Waals surface area (Å²) < 4.78 is 0. The molecule has 2 aromatic carbocycles. The SMILES string of the molecule is O=C(O)c1ccc(-c2ccccc2)c2cccnc12.[AlH3]. The van der Waals surface area contributed by atoms with Crippen LogP contribution in [0.5, 0.6) is 0 Å². The highest BCUT2D eigenvalue weighted by Crippen LogP contribution is 2.29. The molecule has 1 heterocycles. The van der Waals surface area contributed by atoms with Crippen LogP contribution in [0.15, 0.2) is 60.8 Å². The lowest BCUT2D eigenvalue weighted by Gasteiger charge is -2.08. The van der Waals surface area contributed by atoms with Crippen molar-refractivity contribution in [3.63, 3.8) is 0 Å². The minimum atomic E-state index is -0.955. The second-order valence-corrected chi connectivity index (χ2v) is 4.23. The summed E-state index contributed by atoms with van der Waals surface area (Å²) in [6.45, 7) is 0. The van der Waals surface area contributed by atoms with Gasteiger partial charge in [0.15, 0.2) is 17.4 Å². The third-order valence-electron chi connectivity index (χ3n) is 3.08. The van der Waals surface area contributed by atoms with Crippen LogP contribution >= 0.6 is 0 Å². The molecule has 0 atom stereocenters. The number of carboxylic acid groups (broad SMARTS) is 1. The van der Waals surface area contributed by atoms with Crippen molar-refractivity contribution in [1.29, 1.82) is 0 Å². The van der Waals surface area contributed by atoms with Gasteiger partial charge < -0.3 is 5.11 Å². The Kier molecular flexibility index (Phi) is 4.19. The normalized spacial score (nSPS) is 10.0. The molecule has 3 nitrogen and oxygen atoms in total. The van der Waals surface area contributed by atoms with Crippen LogP contribution in [0.1, 0.15) is 10.4 Å². The van der Waals surface area contributed by atoms with Crippen molar-refractivity contribution in [2.75, 3.05) is 0 Å². The Morgan fingerprint density at radius 3 is 2.40 bits per heavy atom. The van der Waals surface area contributed by atoms with Crippen LogP contribution in [0.4, 0.5) is 0 Å². The third kappa shape index (κ3) is 2.44. The van der Waals surface area contributed by atoms with E-state index in [-0.39, 0.29) is 22.9 Å². The molecule has 0 fully saturated rings. The minimum Gasteiger partial charge on any atom is -0.478 e. The van der Waals surface area contributed by atoms with Crippen LogP contribution in [0.2, 0.25) is 0 Å². The first kappa shape index (κ1) is 14.3. The molecule has 0 spiro atoms. The van der Waals surface area contributed by atoms with Gasteiger partial charge in [0.05, 0.1) is 11.1 Å². The van der Waals surface area contributed by atoms with Crippen LogP contribution in [-0.4, -0.2) is 33.4 Å². The zero-order valence-electron chi connectivity index (χ0n) is 10.1. The van der Waals surface area contributed by atoms with Gasteiger partial charge in [0.1, 0.15) is 0 Å². The third-order valence-corrected chi connectivity index (χ3v) is 3.08.